The van der Waals surface area contributed by atoms with Gasteiger partial charge in [-0.25, -0.2) is 4.39 Å². The molecule has 1 unspecified atom stereocenters. The van der Waals surface area contributed by atoms with Gasteiger partial charge in [-0.1, -0.05) is 41.9 Å². The second-order valence-electron chi connectivity index (χ2n) is 6.73. The molecule has 0 aliphatic rings. The maximum atomic E-state index is 14.0. The molecule has 4 N–H and O–H groups in total. The Morgan fingerprint density at radius 2 is 1.96 bits per heavy atom. The molecular weight excluding hydrogens is 369 g/mol. The summed E-state index contributed by atoms with van der Waals surface area (Å²) in [6.45, 7) is 3.06. The molecule has 0 aliphatic carbocycles. The summed E-state index contributed by atoms with van der Waals surface area (Å²) in [5, 5.41) is 19.5. The molecule has 6 heteroatoms. The highest BCUT2D eigenvalue weighted by molar-refractivity contribution is 6.30. The fourth-order valence-corrected chi connectivity index (χ4v) is 3.32. The van der Waals surface area contributed by atoms with Gasteiger partial charge in [0.05, 0.1) is 12.0 Å². The predicted molar refractivity (Wildman–Crippen MR) is 105 cm³/mol. The van der Waals surface area contributed by atoms with Crippen molar-refractivity contribution in [3.05, 3.63) is 71.5 Å². The first-order chi connectivity index (χ1) is 12.8. The van der Waals surface area contributed by atoms with Crippen molar-refractivity contribution < 1.29 is 19.4 Å². The summed E-state index contributed by atoms with van der Waals surface area (Å²) in [6, 6.07) is 11.1. The molecule has 27 heavy (non-hydrogen) atoms. The van der Waals surface area contributed by atoms with E-state index in [2.05, 4.69) is 6.58 Å². The molecule has 0 radical (unpaired) electrons. The van der Waals surface area contributed by atoms with Crippen LogP contribution in [0.15, 0.2) is 55.1 Å². The maximum absolute atomic E-state index is 14.0. The number of hydrogen-bond donors (Lipinski definition) is 3. The normalized spacial score (nSPS) is 14.4. The summed E-state index contributed by atoms with van der Waals surface area (Å²) >= 11 is 5.93. The van der Waals surface area contributed by atoms with Crippen LogP contribution in [0.1, 0.15) is 18.4 Å². The third-order valence-electron chi connectivity index (χ3n) is 4.64. The Balaban J connectivity index is 2.12. The van der Waals surface area contributed by atoms with Gasteiger partial charge in [0.2, 0.25) is 0 Å². The van der Waals surface area contributed by atoms with Gasteiger partial charge in [-0.15, -0.1) is 6.58 Å². The number of aliphatic carboxylic acids is 1. The summed E-state index contributed by atoms with van der Waals surface area (Å²) in [6.07, 6.45) is 2.17. The zero-order valence-corrected chi connectivity index (χ0v) is 15.6. The number of halogens is 2. The van der Waals surface area contributed by atoms with Crippen LogP contribution in [0.25, 0.3) is 11.1 Å². The monoisotopic (exact) mass is 391 g/mol. The van der Waals surface area contributed by atoms with Crippen LogP contribution < -0.4 is 5.73 Å². The van der Waals surface area contributed by atoms with E-state index in [1.54, 1.807) is 18.2 Å². The summed E-state index contributed by atoms with van der Waals surface area (Å²) in [5.41, 5.74) is 6.81. The molecular formula is C21H23ClFNO3. The third-order valence-corrected chi connectivity index (χ3v) is 4.87. The van der Waals surface area contributed by atoms with E-state index in [0.717, 1.165) is 5.56 Å². The van der Waals surface area contributed by atoms with Crippen molar-refractivity contribution in [1.29, 1.82) is 0 Å². The quantitative estimate of drug-likeness (QED) is 0.563. The number of aliphatic hydroxyl groups excluding tert-OH is 1. The number of carbonyl (C=O) groups is 1. The standard InChI is InChI=1S/C21H23ClFNO3/c1-2-9-21(13-25,20(26)27)12-17(24)10-14-3-5-15(6-4-14)18-11-16(22)7-8-19(18)23/h2-8,11,17,25H,1,9-10,12-13,24H2,(H,26,27)/t17-,21?/m1/s1. The minimum Gasteiger partial charge on any atom is -0.481 e. The fraction of sp³-hybridized carbons (Fsp3) is 0.286. The van der Waals surface area contributed by atoms with Gasteiger partial charge in [0.25, 0.3) is 0 Å². The summed E-state index contributed by atoms with van der Waals surface area (Å²) in [7, 11) is 0. The van der Waals surface area contributed by atoms with E-state index in [9.17, 15) is 19.4 Å². The highest BCUT2D eigenvalue weighted by atomic mass is 35.5. The number of nitrogens with two attached hydrogens (primary N) is 1. The number of aliphatic hydroxyl groups is 1. The molecule has 2 rings (SSSR count). The van der Waals surface area contributed by atoms with Crippen molar-refractivity contribution in [1.82, 2.24) is 0 Å². The van der Waals surface area contributed by atoms with Gasteiger partial charge in [-0.05, 0) is 48.6 Å². The lowest BCUT2D eigenvalue weighted by atomic mass is 9.78. The molecule has 2 atom stereocenters. The number of hydrogen-bond acceptors (Lipinski definition) is 3. The lowest BCUT2D eigenvalue weighted by molar-refractivity contribution is -0.152. The first-order valence-corrected chi connectivity index (χ1v) is 8.94. The van der Waals surface area contributed by atoms with E-state index in [-0.39, 0.29) is 18.7 Å². The fourth-order valence-electron chi connectivity index (χ4n) is 3.15. The maximum Gasteiger partial charge on any atom is 0.312 e. The average molecular weight is 392 g/mol. The van der Waals surface area contributed by atoms with Crippen molar-refractivity contribution in [3.63, 3.8) is 0 Å². The van der Waals surface area contributed by atoms with Crippen molar-refractivity contribution in [2.75, 3.05) is 6.61 Å². The first-order valence-electron chi connectivity index (χ1n) is 8.56. The zero-order valence-electron chi connectivity index (χ0n) is 14.9. The lowest BCUT2D eigenvalue weighted by Gasteiger charge is -2.29. The van der Waals surface area contributed by atoms with Crippen molar-refractivity contribution in [3.8, 4) is 11.1 Å². The molecule has 144 valence electrons. The van der Waals surface area contributed by atoms with Gasteiger partial charge >= 0.3 is 5.97 Å². The molecule has 0 amide bonds. The summed E-state index contributed by atoms with van der Waals surface area (Å²) in [5.74, 6) is -1.45. The highest BCUT2D eigenvalue weighted by Gasteiger charge is 2.38. The van der Waals surface area contributed by atoms with Crippen LogP contribution in [0, 0.1) is 11.2 Å². The Hall–Kier alpha value is -2.21. The third kappa shape index (κ3) is 5.16. The van der Waals surface area contributed by atoms with E-state index in [1.165, 1.54) is 18.2 Å². The predicted octanol–water partition coefficient (Wildman–Crippen LogP) is 4.05. The Kier molecular flexibility index (Phi) is 7.13. The molecule has 2 aromatic rings. The molecule has 4 nitrogen and oxygen atoms in total. The minimum absolute atomic E-state index is 0.121. The van der Waals surface area contributed by atoms with Gasteiger partial charge in [0.1, 0.15) is 5.82 Å². The first kappa shape index (κ1) is 21.1. The van der Waals surface area contributed by atoms with Crippen LogP contribution in [0.4, 0.5) is 4.39 Å². The van der Waals surface area contributed by atoms with Crippen LogP contribution in [-0.2, 0) is 11.2 Å². The Labute approximate surface area is 163 Å². The van der Waals surface area contributed by atoms with Gasteiger partial charge in [0, 0.05) is 16.6 Å². The SMILES string of the molecule is C=CCC(CO)(C[C@H](N)Cc1ccc(-c2cc(Cl)ccc2F)cc1)C(=O)O. The van der Waals surface area contributed by atoms with Gasteiger partial charge in [0.15, 0.2) is 0 Å². The van der Waals surface area contributed by atoms with E-state index in [4.69, 9.17) is 17.3 Å². The molecule has 0 fully saturated rings. The van der Waals surface area contributed by atoms with Gasteiger partial charge in [-0.2, -0.15) is 0 Å². The van der Waals surface area contributed by atoms with Crippen LogP contribution in [0.5, 0.6) is 0 Å². The molecule has 0 heterocycles. The molecule has 0 saturated heterocycles. The van der Waals surface area contributed by atoms with Crippen molar-refractivity contribution >= 4 is 17.6 Å². The van der Waals surface area contributed by atoms with Gasteiger partial charge < -0.3 is 15.9 Å². The summed E-state index contributed by atoms with van der Waals surface area (Å²) in [4.78, 5) is 11.6. The largest absolute Gasteiger partial charge is 0.481 e. The van der Waals surface area contributed by atoms with Crippen molar-refractivity contribution in [2.45, 2.75) is 25.3 Å². The zero-order chi connectivity index (χ0) is 20.0. The number of allylic oxidation sites excluding steroid dienone is 1. The topological polar surface area (TPSA) is 83.5 Å². The molecule has 0 spiro atoms. The second kappa shape index (κ2) is 9.13. The number of benzene rings is 2. The average Bonchev–Trinajstić information content (AvgIpc) is 2.63. The van der Waals surface area contributed by atoms with Gasteiger partial charge in [-0.3, -0.25) is 4.79 Å². The molecule has 0 aromatic heterocycles. The molecule has 0 bridgehead atoms. The Morgan fingerprint density at radius 1 is 1.30 bits per heavy atom. The number of rotatable bonds is 9. The second-order valence-corrected chi connectivity index (χ2v) is 7.16. The number of carboxylic acids is 1. The minimum atomic E-state index is -1.33. The van der Waals surface area contributed by atoms with Crippen LogP contribution in [-0.4, -0.2) is 28.8 Å². The van der Waals surface area contributed by atoms with Crippen molar-refractivity contribution in [2.24, 2.45) is 11.1 Å². The van der Waals surface area contributed by atoms with Crippen LogP contribution in [0.2, 0.25) is 5.02 Å². The van der Waals surface area contributed by atoms with Crippen LogP contribution >= 0.6 is 11.6 Å². The highest BCUT2D eigenvalue weighted by Crippen LogP contribution is 2.30. The molecule has 0 aliphatic heterocycles. The Bertz CT molecular complexity index is 810. The smallest absolute Gasteiger partial charge is 0.312 e. The lowest BCUT2D eigenvalue weighted by Crippen LogP contribution is -2.41. The Morgan fingerprint density at radius 3 is 2.52 bits per heavy atom. The van der Waals surface area contributed by atoms with E-state index in [0.29, 0.717) is 22.6 Å². The van der Waals surface area contributed by atoms with Crippen LogP contribution in [0.3, 0.4) is 0 Å². The van der Waals surface area contributed by atoms with E-state index < -0.39 is 24.0 Å². The van der Waals surface area contributed by atoms with E-state index >= 15 is 0 Å². The molecule has 0 saturated carbocycles. The molecule has 2 aromatic carbocycles. The number of carboxylic acid groups (broad SMARTS) is 1. The summed E-state index contributed by atoms with van der Waals surface area (Å²) < 4.78 is 14.0. The van der Waals surface area contributed by atoms with E-state index in [1.807, 2.05) is 12.1 Å².